The third-order valence-electron chi connectivity index (χ3n) is 3.11. The number of aromatic hydroxyl groups is 1. The van der Waals surface area contributed by atoms with Gasteiger partial charge < -0.3 is 5.11 Å². The molecule has 2 aromatic rings. The maximum atomic E-state index is 11.0. The second-order valence-corrected chi connectivity index (χ2v) is 6.11. The fraction of sp³-hybridized carbons (Fsp3) is 0.0667. The van der Waals surface area contributed by atoms with E-state index in [2.05, 4.69) is 5.32 Å². The van der Waals surface area contributed by atoms with Crippen LogP contribution in [0.25, 0.3) is 0 Å². The molecule has 0 saturated carbocycles. The molecule has 3 rings (SSSR count). The van der Waals surface area contributed by atoms with E-state index in [0.717, 1.165) is 0 Å². The van der Waals surface area contributed by atoms with Crippen LogP contribution in [0.5, 0.6) is 5.75 Å². The van der Waals surface area contributed by atoms with Gasteiger partial charge in [0, 0.05) is 0 Å². The molecule has 23 heavy (non-hydrogen) atoms. The number of aryl methyl sites for hydroxylation is 1. The first kappa shape index (κ1) is 16.7. The van der Waals surface area contributed by atoms with Crippen LogP contribution in [-0.2, 0) is 10.1 Å². The van der Waals surface area contributed by atoms with Gasteiger partial charge in [-0.1, -0.05) is 24.3 Å². The number of amides is 2. The lowest BCUT2D eigenvalue weighted by Crippen LogP contribution is -2.19. The third kappa shape index (κ3) is 3.55. The Bertz CT molecular complexity index is 889. The number of phenolic OH excluding ortho intramolecular Hbond substituents is 1. The average Bonchev–Trinajstić information content (AvgIpc) is 2.75. The molecule has 0 aromatic heterocycles. The summed E-state index contributed by atoms with van der Waals surface area (Å²) < 4.78 is 29.9. The smallest absolute Gasteiger partial charge is 0.294 e. The summed E-state index contributed by atoms with van der Waals surface area (Å²) in [4.78, 5) is 22.0. The first-order valence-corrected chi connectivity index (χ1v) is 7.86. The Balaban J connectivity index is 0.000000168. The van der Waals surface area contributed by atoms with Crippen molar-refractivity contribution >= 4 is 21.9 Å². The van der Waals surface area contributed by atoms with Crippen LogP contribution >= 0.6 is 0 Å². The number of hydrogen-bond acceptors (Lipinski definition) is 5. The molecule has 0 radical (unpaired) electrons. The zero-order chi connectivity index (χ0) is 17.2. The summed E-state index contributed by atoms with van der Waals surface area (Å²) in [6.07, 6.45) is 0. The van der Waals surface area contributed by atoms with Gasteiger partial charge in [0.05, 0.1) is 16.0 Å². The number of fused-ring (bicyclic) bond motifs is 1. The highest BCUT2D eigenvalue weighted by Crippen LogP contribution is 2.24. The summed E-state index contributed by atoms with van der Waals surface area (Å²) in [5.41, 5.74) is 0.859. The molecule has 0 bridgehead atoms. The summed E-state index contributed by atoms with van der Waals surface area (Å²) >= 11 is 0. The summed E-state index contributed by atoms with van der Waals surface area (Å²) in [6.45, 7) is 1.63. The van der Waals surface area contributed by atoms with Gasteiger partial charge in [-0.2, -0.15) is 8.42 Å². The summed E-state index contributed by atoms with van der Waals surface area (Å²) in [6, 6.07) is 10.7. The van der Waals surface area contributed by atoms with Crippen molar-refractivity contribution in [2.24, 2.45) is 0 Å². The van der Waals surface area contributed by atoms with E-state index >= 15 is 0 Å². The molecule has 0 atom stereocenters. The Kier molecular flexibility index (Phi) is 4.48. The molecule has 2 aromatic carbocycles. The fourth-order valence-corrected chi connectivity index (χ4v) is 2.77. The van der Waals surface area contributed by atoms with Crippen molar-refractivity contribution in [2.45, 2.75) is 11.8 Å². The van der Waals surface area contributed by atoms with E-state index in [4.69, 9.17) is 4.55 Å². The number of carbonyl (C=O) groups excluding carboxylic acids is 2. The van der Waals surface area contributed by atoms with Crippen molar-refractivity contribution in [3.05, 3.63) is 59.2 Å². The second-order valence-electron chi connectivity index (χ2n) is 4.72. The van der Waals surface area contributed by atoms with Gasteiger partial charge >= 0.3 is 0 Å². The minimum Gasteiger partial charge on any atom is -0.507 e. The van der Waals surface area contributed by atoms with Crippen molar-refractivity contribution in [3.8, 4) is 5.75 Å². The van der Waals surface area contributed by atoms with Gasteiger partial charge in [-0.25, -0.2) is 0 Å². The molecule has 3 N–H and O–H groups in total. The zero-order valence-corrected chi connectivity index (χ0v) is 12.8. The Labute approximate surface area is 132 Å². The molecule has 0 unspecified atom stereocenters. The molecule has 7 nitrogen and oxygen atoms in total. The maximum Gasteiger partial charge on any atom is 0.294 e. The Morgan fingerprint density at radius 3 is 2.13 bits per heavy atom. The molecule has 2 amide bonds. The molecular weight excluding hydrogens is 322 g/mol. The summed E-state index contributed by atoms with van der Waals surface area (Å²) in [5.74, 6) is -1.14. The number of benzene rings is 2. The van der Waals surface area contributed by atoms with Gasteiger partial charge in [0.2, 0.25) is 0 Å². The average molecular weight is 335 g/mol. The minimum absolute atomic E-state index is 0.0278. The number of carbonyl (C=O) groups is 2. The van der Waals surface area contributed by atoms with E-state index in [0.29, 0.717) is 5.56 Å². The van der Waals surface area contributed by atoms with Crippen LogP contribution in [-0.4, -0.2) is 29.9 Å². The molecule has 120 valence electrons. The molecule has 0 saturated heterocycles. The lowest BCUT2D eigenvalue weighted by molar-refractivity contribution is 0.0879. The van der Waals surface area contributed by atoms with Crippen LogP contribution < -0.4 is 5.32 Å². The fourth-order valence-electron chi connectivity index (χ4n) is 2.05. The molecule has 0 spiro atoms. The van der Waals surface area contributed by atoms with Gasteiger partial charge in [0.15, 0.2) is 0 Å². The number of rotatable bonds is 1. The van der Waals surface area contributed by atoms with Crippen LogP contribution in [0, 0.1) is 6.92 Å². The highest BCUT2D eigenvalue weighted by Gasteiger charge is 2.28. The van der Waals surface area contributed by atoms with Crippen molar-refractivity contribution in [2.75, 3.05) is 0 Å². The van der Waals surface area contributed by atoms with Crippen molar-refractivity contribution < 1.29 is 27.7 Å². The quantitative estimate of drug-likeness (QED) is 0.537. The second kappa shape index (κ2) is 6.19. The van der Waals surface area contributed by atoms with Gasteiger partial charge in [0.1, 0.15) is 5.75 Å². The number of hydrogen-bond donors (Lipinski definition) is 3. The first-order valence-electron chi connectivity index (χ1n) is 6.42. The zero-order valence-electron chi connectivity index (χ0n) is 12.0. The molecule has 1 aliphatic rings. The van der Waals surface area contributed by atoms with E-state index in [1.807, 2.05) is 0 Å². The lowest BCUT2D eigenvalue weighted by atomic mass is 10.1. The lowest BCUT2D eigenvalue weighted by Gasteiger charge is -1.99. The van der Waals surface area contributed by atoms with Crippen molar-refractivity contribution in [3.63, 3.8) is 0 Å². The van der Waals surface area contributed by atoms with E-state index in [1.165, 1.54) is 24.3 Å². The first-order chi connectivity index (χ1) is 10.7. The highest BCUT2D eigenvalue weighted by molar-refractivity contribution is 7.85. The molecular formula is C15H13NO6S. The maximum absolute atomic E-state index is 11.0. The van der Waals surface area contributed by atoms with E-state index in [9.17, 15) is 23.1 Å². The summed E-state index contributed by atoms with van der Waals surface area (Å²) in [5, 5.41) is 11.3. The van der Waals surface area contributed by atoms with Crippen molar-refractivity contribution in [1.29, 1.82) is 0 Å². The number of phenols is 1. The monoisotopic (exact) mass is 335 g/mol. The predicted octanol–water partition coefficient (Wildman–Crippen LogP) is 1.52. The van der Waals surface area contributed by atoms with Gasteiger partial charge in [-0.15, -0.1) is 0 Å². The van der Waals surface area contributed by atoms with E-state index in [-0.39, 0.29) is 21.8 Å². The molecule has 1 heterocycles. The minimum atomic E-state index is -4.03. The van der Waals surface area contributed by atoms with Gasteiger partial charge in [-0.05, 0) is 30.7 Å². The van der Waals surface area contributed by atoms with Crippen LogP contribution in [0.4, 0.5) is 0 Å². The largest absolute Gasteiger partial charge is 0.507 e. The van der Waals surface area contributed by atoms with Crippen molar-refractivity contribution in [1.82, 2.24) is 5.32 Å². The third-order valence-corrected chi connectivity index (χ3v) is 4.13. The highest BCUT2D eigenvalue weighted by atomic mass is 32.2. The predicted molar refractivity (Wildman–Crippen MR) is 80.9 cm³/mol. The SMILES string of the molecule is Cc1ccccc1S(=O)(=O)O.O=C1NC(=O)c2c(O)cccc21. The number of imide groups is 1. The summed E-state index contributed by atoms with van der Waals surface area (Å²) in [7, 11) is -4.03. The van der Waals surface area contributed by atoms with E-state index < -0.39 is 21.9 Å². The van der Waals surface area contributed by atoms with Crippen LogP contribution in [0.2, 0.25) is 0 Å². The molecule has 8 heteroatoms. The number of nitrogens with one attached hydrogen (secondary N) is 1. The molecule has 0 aliphatic carbocycles. The standard InChI is InChI=1S/C8H5NO3.C7H8O3S/c10-5-3-1-2-4-6(5)8(12)9-7(4)11;1-6-4-2-3-5-7(6)11(8,9)10/h1-3,10H,(H,9,11,12);2-5H,1H3,(H,8,9,10). The Morgan fingerprint density at radius 1 is 0.957 bits per heavy atom. The van der Waals surface area contributed by atoms with Crippen LogP contribution in [0.3, 0.4) is 0 Å². The molecule has 1 aliphatic heterocycles. The van der Waals surface area contributed by atoms with Crippen LogP contribution in [0.15, 0.2) is 47.4 Å². The Morgan fingerprint density at radius 2 is 1.61 bits per heavy atom. The molecule has 0 fully saturated rings. The van der Waals surface area contributed by atoms with Crippen LogP contribution in [0.1, 0.15) is 26.3 Å². The van der Waals surface area contributed by atoms with Gasteiger partial charge in [-0.3, -0.25) is 19.5 Å². The Hall–Kier alpha value is -2.71. The topological polar surface area (TPSA) is 121 Å². The van der Waals surface area contributed by atoms with E-state index in [1.54, 1.807) is 25.1 Å². The van der Waals surface area contributed by atoms with Gasteiger partial charge in [0.25, 0.3) is 21.9 Å². The normalized spacial score (nSPS) is 13.0.